The summed E-state index contributed by atoms with van der Waals surface area (Å²) in [5.41, 5.74) is 7.53. The average molecular weight is 410 g/mol. The van der Waals surface area contributed by atoms with Crippen LogP contribution >= 0.6 is 0 Å². The van der Waals surface area contributed by atoms with Gasteiger partial charge in [0.2, 0.25) is 0 Å². The van der Waals surface area contributed by atoms with E-state index in [1.54, 1.807) is 0 Å². The van der Waals surface area contributed by atoms with Crippen molar-refractivity contribution in [1.82, 2.24) is 14.6 Å². The molecule has 0 bridgehead atoms. The molecule has 2 aromatic rings. The number of halogens is 3. The van der Waals surface area contributed by atoms with E-state index in [1.807, 2.05) is 4.90 Å². The molecular weight excluding hydrogens is 393 g/mol. The second-order valence-corrected chi connectivity index (χ2v) is 6.57. The van der Waals surface area contributed by atoms with Gasteiger partial charge in [0.25, 0.3) is 0 Å². The molecule has 154 valence electrons. The average Bonchev–Trinajstić information content (AvgIpc) is 3.12. The highest BCUT2D eigenvalue weighted by Gasteiger charge is 2.38. The normalized spacial score (nSPS) is 19.3. The first kappa shape index (κ1) is 19.1. The van der Waals surface area contributed by atoms with Crippen molar-refractivity contribution in [2.45, 2.75) is 12.3 Å². The Bertz CT molecular complexity index is 981. The molecule has 2 aliphatic heterocycles. The number of morpholine rings is 1. The molecule has 0 spiro atoms. The van der Waals surface area contributed by atoms with Gasteiger partial charge in [-0.3, -0.25) is 10.1 Å². The minimum absolute atomic E-state index is 0.0133. The van der Waals surface area contributed by atoms with E-state index in [1.165, 1.54) is 16.9 Å². The number of aromatic carboxylic acids is 1. The number of alkyl halides is 3. The number of aliphatic imine (C=N–C) groups is 1. The fourth-order valence-electron chi connectivity index (χ4n) is 3.31. The highest BCUT2D eigenvalue weighted by Crippen LogP contribution is 2.37. The highest BCUT2D eigenvalue weighted by atomic mass is 19.4. The molecule has 2 aromatic heterocycles. The number of carboxylic acid groups (broad SMARTS) is 1. The fourth-order valence-corrected chi connectivity index (χ4v) is 3.31. The van der Waals surface area contributed by atoms with Gasteiger partial charge in [0.15, 0.2) is 12.0 Å². The zero-order chi connectivity index (χ0) is 20.8. The summed E-state index contributed by atoms with van der Waals surface area (Å²) in [6.07, 6.45) is -3.47. The van der Waals surface area contributed by atoms with Crippen LogP contribution in [0.25, 0.3) is 0 Å². The van der Waals surface area contributed by atoms with Gasteiger partial charge in [-0.1, -0.05) is 0 Å². The lowest BCUT2D eigenvalue weighted by molar-refractivity contribution is -0.138. The number of nitrogens with one attached hydrogen (secondary N) is 1. The van der Waals surface area contributed by atoms with E-state index in [0.29, 0.717) is 37.8 Å². The van der Waals surface area contributed by atoms with E-state index in [2.05, 4.69) is 15.4 Å². The number of ether oxygens (including phenoxy) is 1. The van der Waals surface area contributed by atoms with Gasteiger partial charge in [0, 0.05) is 31.0 Å². The number of carbonyl (C=O) groups is 1. The SMILES string of the molecule is Nc1cc(C(F)(F)F)c(C2N=C(N3CCOCC3)c3cc(C(=O)O)cn3N2)cn1. The van der Waals surface area contributed by atoms with E-state index in [4.69, 9.17) is 10.5 Å². The number of rotatable bonds is 2. The quantitative estimate of drug-likeness (QED) is 0.687. The summed E-state index contributed by atoms with van der Waals surface area (Å²) in [5, 5.41) is 9.31. The lowest BCUT2D eigenvalue weighted by Gasteiger charge is -2.35. The first-order valence-corrected chi connectivity index (χ1v) is 8.70. The van der Waals surface area contributed by atoms with Crippen molar-refractivity contribution in [1.29, 1.82) is 0 Å². The predicted octanol–water partition coefficient (Wildman–Crippen LogP) is 1.52. The van der Waals surface area contributed by atoms with Gasteiger partial charge in [-0.15, -0.1) is 0 Å². The van der Waals surface area contributed by atoms with Gasteiger partial charge in [-0.2, -0.15) is 13.2 Å². The van der Waals surface area contributed by atoms with Crippen molar-refractivity contribution in [2.75, 3.05) is 37.5 Å². The smallest absolute Gasteiger partial charge is 0.417 e. The van der Waals surface area contributed by atoms with Gasteiger partial charge in [0.05, 0.1) is 24.3 Å². The molecule has 4 heterocycles. The maximum absolute atomic E-state index is 13.6. The second-order valence-electron chi connectivity index (χ2n) is 6.57. The van der Waals surface area contributed by atoms with Crippen LogP contribution in [0.4, 0.5) is 19.0 Å². The summed E-state index contributed by atoms with van der Waals surface area (Å²) >= 11 is 0. The van der Waals surface area contributed by atoms with Crippen molar-refractivity contribution < 1.29 is 27.8 Å². The molecule has 0 saturated carbocycles. The Morgan fingerprint density at radius 3 is 2.69 bits per heavy atom. The topological polar surface area (TPSA) is 118 Å². The monoisotopic (exact) mass is 410 g/mol. The Morgan fingerprint density at radius 1 is 1.31 bits per heavy atom. The Kier molecular flexibility index (Phi) is 4.57. The highest BCUT2D eigenvalue weighted by molar-refractivity contribution is 6.01. The molecule has 1 fully saturated rings. The molecule has 1 unspecified atom stereocenters. The van der Waals surface area contributed by atoms with Crippen LogP contribution in [0.15, 0.2) is 29.5 Å². The van der Waals surface area contributed by atoms with E-state index in [9.17, 15) is 23.1 Å². The standard InChI is InChI=1S/C17H17F3N6O3/c18-17(19,20)11-6-13(21)22-7-10(11)14-23-15(25-1-3-29-4-2-25)12-5-9(16(27)28)8-26(12)24-14/h5-8,14,24H,1-4H2,(H2,21,22)(H,27,28). The summed E-state index contributed by atoms with van der Waals surface area (Å²) in [5.74, 6) is -1.03. The van der Waals surface area contributed by atoms with Crippen LogP contribution < -0.4 is 11.2 Å². The van der Waals surface area contributed by atoms with Crippen LogP contribution in [0.2, 0.25) is 0 Å². The molecule has 29 heavy (non-hydrogen) atoms. The van der Waals surface area contributed by atoms with Gasteiger partial charge in [0.1, 0.15) is 11.5 Å². The van der Waals surface area contributed by atoms with Gasteiger partial charge >= 0.3 is 12.1 Å². The number of nitrogen functional groups attached to an aromatic ring is 1. The molecule has 0 aromatic carbocycles. The summed E-state index contributed by atoms with van der Waals surface area (Å²) in [7, 11) is 0. The number of nitrogens with zero attached hydrogens (tertiary/aromatic N) is 4. The fraction of sp³-hybridized carbons (Fsp3) is 0.353. The number of carboxylic acids is 1. The Labute approximate surface area is 162 Å². The third-order valence-corrected chi connectivity index (χ3v) is 4.68. The van der Waals surface area contributed by atoms with Gasteiger partial charge in [-0.25, -0.2) is 14.8 Å². The number of fused-ring (bicyclic) bond motifs is 1. The van der Waals surface area contributed by atoms with E-state index in [0.717, 1.165) is 12.3 Å². The van der Waals surface area contributed by atoms with E-state index >= 15 is 0 Å². The van der Waals surface area contributed by atoms with E-state index < -0.39 is 23.9 Å². The van der Waals surface area contributed by atoms with Crippen LogP contribution in [0.1, 0.15) is 33.3 Å². The molecule has 4 rings (SSSR count). The molecule has 2 aliphatic rings. The van der Waals surface area contributed by atoms with Crippen LogP contribution in [-0.4, -0.2) is 57.8 Å². The van der Waals surface area contributed by atoms with E-state index in [-0.39, 0.29) is 16.9 Å². The molecule has 0 aliphatic carbocycles. The first-order chi connectivity index (χ1) is 13.7. The minimum Gasteiger partial charge on any atom is -0.478 e. The lowest BCUT2D eigenvalue weighted by atomic mass is 10.1. The van der Waals surface area contributed by atoms with Crippen molar-refractivity contribution in [2.24, 2.45) is 4.99 Å². The molecule has 0 amide bonds. The number of anilines is 1. The number of pyridine rings is 1. The molecule has 12 heteroatoms. The maximum atomic E-state index is 13.6. The molecule has 0 radical (unpaired) electrons. The summed E-state index contributed by atoms with van der Waals surface area (Å²) in [6.45, 7) is 1.82. The van der Waals surface area contributed by atoms with Crippen molar-refractivity contribution >= 4 is 17.6 Å². The number of nitrogens with two attached hydrogens (primary N) is 1. The molecule has 1 saturated heterocycles. The molecule has 1 atom stereocenters. The van der Waals surface area contributed by atoms with Crippen LogP contribution in [0.5, 0.6) is 0 Å². The zero-order valence-electron chi connectivity index (χ0n) is 15.0. The van der Waals surface area contributed by atoms with Crippen LogP contribution in [-0.2, 0) is 10.9 Å². The van der Waals surface area contributed by atoms with Crippen molar-refractivity contribution in [3.8, 4) is 0 Å². The second kappa shape index (κ2) is 6.95. The molecule has 9 nitrogen and oxygen atoms in total. The summed E-state index contributed by atoms with van der Waals surface area (Å²) < 4.78 is 47.4. The largest absolute Gasteiger partial charge is 0.478 e. The summed E-state index contributed by atoms with van der Waals surface area (Å²) in [4.78, 5) is 21.5. The summed E-state index contributed by atoms with van der Waals surface area (Å²) in [6, 6.07) is 2.18. The van der Waals surface area contributed by atoms with Crippen molar-refractivity contribution in [3.63, 3.8) is 0 Å². The van der Waals surface area contributed by atoms with Crippen LogP contribution in [0, 0.1) is 0 Å². The predicted molar refractivity (Wildman–Crippen MR) is 96.1 cm³/mol. The number of amidine groups is 1. The minimum atomic E-state index is -4.66. The Morgan fingerprint density at radius 2 is 2.03 bits per heavy atom. The third kappa shape index (κ3) is 3.58. The lowest BCUT2D eigenvalue weighted by Crippen LogP contribution is -2.45. The van der Waals surface area contributed by atoms with Gasteiger partial charge in [-0.05, 0) is 12.1 Å². The van der Waals surface area contributed by atoms with Crippen molar-refractivity contribution in [3.05, 3.63) is 46.9 Å². The molecular formula is C17H17F3N6O3. The van der Waals surface area contributed by atoms with Crippen LogP contribution in [0.3, 0.4) is 0 Å². The number of hydrogen-bond acceptors (Lipinski definition) is 7. The molecule has 4 N–H and O–H groups in total. The zero-order valence-corrected chi connectivity index (χ0v) is 15.0. The number of hydrogen-bond donors (Lipinski definition) is 3. The first-order valence-electron chi connectivity index (χ1n) is 8.70. The Hall–Kier alpha value is -3.28. The maximum Gasteiger partial charge on any atom is 0.417 e. The third-order valence-electron chi connectivity index (χ3n) is 4.68. The van der Waals surface area contributed by atoms with Gasteiger partial charge < -0.3 is 20.5 Å². The Balaban J connectivity index is 1.82. The number of aromatic nitrogens is 2.